The van der Waals surface area contributed by atoms with Gasteiger partial charge in [0.1, 0.15) is 5.52 Å². The number of rotatable bonds is 5. The zero-order valence-electron chi connectivity index (χ0n) is 16.3. The van der Waals surface area contributed by atoms with Gasteiger partial charge in [-0.15, -0.1) is 0 Å². The van der Waals surface area contributed by atoms with Crippen LogP contribution in [0.15, 0.2) is 23.1 Å². The van der Waals surface area contributed by atoms with E-state index in [-0.39, 0.29) is 17.5 Å². The quantitative estimate of drug-likeness (QED) is 0.758. The summed E-state index contributed by atoms with van der Waals surface area (Å²) in [7, 11) is 1.69. The number of aromatic amines is 1. The first-order chi connectivity index (χ1) is 12.3. The summed E-state index contributed by atoms with van der Waals surface area (Å²) < 4.78 is 7.36. The van der Waals surface area contributed by atoms with Gasteiger partial charge in [0, 0.05) is 19.0 Å². The topological polar surface area (TPSA) is 72.8 Å². The Kier molecular flexibility index (Phi) is 4.96. The summed E-state index contributed by atoms with van der Waals surface area (Å²) in [5.41, 5.74) is 5.40. The highest BCUT2D eigenvalue weighted by Gasteiger charge is 2.18. The van der Waals surface area contributed by atoms with E-state index in [4.69, 9.17) is 14.7 Å². The fourth-order valence-corrected chi connectivity index (χ4v) is 3.21. The van der Waals surface area contributed by atoms with Crippen molar-refractivity contribution in [2.45, 2.75) is 46.6 Å². The monoisotopic (exact) mass is 354 g/mol. The average molecular weight is 354 g/mol. The van der Waals surface area contributed by atoms with Crippen molar-refractivity contribution in [2.75, 3.05) is 13.7 Å². The summed E-state index contributed by atoms with van der Waals surface area (Å²) in [6.45, 7) is 10.7. The fourth-order valence-electron chi connectivity index (χ4n) is 3.21. The first-order valence-corrected chi connectivity index (χ1v) is 8.91. The molecule has 0 fully saturated rings. The molecule has 0 saturated carbocycles. The van der Waals surface area contributed by atoms with Crippen molar-refractivity contribution >= 4 is 11.2 Å². The Labute approximate surface area is 153 Å². The smallest absolute Gasteiger partial charge is 0.257 e. The molecule has 3 rings (SSSR count). The number of aromatic nitrogens is 4. The first-order valence-electron chi connectivity index (χ1n) is 8.91. The molecule has 138 valence electrons. The van der Waals surface area contributed by atoms with Crippen LogP contribution in [0.3, 0.4) is 0 Å². The summed E-state index contributed by atoms with van der Waals surface area (Å²) in [5, 5.41) is 0. The first kappa shape index (κ1) is 18.3. The van der Waals surface area contributed by atoms with Crippen LogP contribution >= 0.6 is 0 Å². The van der Waals surface area contributed by atoms with Gasteiger partial charge in [0.25, 0.3) is 5.56 Å². The van der Waals surface area contributed by atoms with Crippen molar-refractivity contribution in [1.82, 2.24) is 19.5 Å². The summed E-state index contributed by atoms with van der Waals surface area (Å²) in [6, 6.07) is 3.95. The SMILES string of the molecule is COC[C@H](C)n1cc(C)c2nc(-c3ccc(C(C)C)[nH]c3=O)c(C)nc21. The van der Waals surface area contributed by atoms with Gasteiger partial charge in [-0.1, -0.05) is 13.8 Å². The number of hydrogen-bond donors (Lipinski definition) is 1. The summed E-state index contributed by atoms with van der Waals surface area (Å²) in [6.07, 6.45) is 2.05. The van der Waals surface area contributed by atoms with Gasteiger partial charge in [0.05, 0.1) is 29.6 Å². The zero-order valence-corrected chi connectivity index (χ0v) is 16.3. The maximum atomic E-state index is 12.6. The summed E-state index contributed by atoms with van der Waals surface area (Å²) >= 11 is 0. The third-order valence-electron chi connectivity index (χ3n) is 4.69. The van der Waals surface area contributed by atoms with Crippen molar-refractivity contribution < 1.29 is 4.74 Å². The number of ether oxygens (including phenoxy) is 1. The largest absolute Gasteiger partial charge is 0.383 e. The molecule has 26 heavy (non-hydrogen) atoms. The van der Waals surface area contributed by atoms with E-state index in [2.05, 4.69) is 30.3 Å². The molecule has 0 amide bonds. The molecule has 0 bridgehead atoms. The lowest BCUT2D eigenvalue weighted by atomic mass is 10.1. The van der Waals surface area contributed by atoms with Gasteiger partial charge in [-0.3, -0.25) is 4.79 Å². The van der Waals surface area contributed by atoms with Gasteiger partial charge < -0.3 is 14.3 Å². The number of H-pyrrole nitrogens is 1. The van der Waals surface area contributed by atoms with Crippen molar-refractivity contribution in [2.24, 2.45) is 0 Å². The second-order valence-corrected chi connectivity index (χ2v) is 7.16. The summed E-state index contributed by atoms with van der Waals surface area (Å²) in [5.74, 6) is 0.268. The van der Waals surface area contributed by atoms with E-state index in [9.17, 15) is 4.79 Å². The minimum absolute atomic E-state index is 0.127. The Hall–Kier alpha value is -2.47. The number of pyridine rings is 1. The van der Waals surface area contributed by atoms with Crippen molar-refractivity contribution in [3.8, 4) is 11.3 Å². The molecule has 6 heteroatoms. The zero-order chi connectivity index (χ0) is 19.0. The lowest BCUT2D eigenvalue weighted by Crippen LogP contribution is -2.14. The number of nitrogens with one attached hydrogen (secondary N) is 1. The van der Waals surface area contributed by atoms with Crippen LogP contribution in [0.5, 0.6) is 0 Å². The highest BCUT2D eigenvalue weighted by Crippen LogP contribution is 2.26. The van der Waals surface area contributed by atoms with E-state index in [0.29, 0.717) is 17.9 Å². The van der Waals surface area contributed by atoms with Crippen LogP contribution < -0.4 is 5.56 Å². The van der Waals surface area contributed by atoms with E-state index in [1.807, 2.05) is 32.2 Å². The molecule has 0 unspecified atom stereocenters. The molecule has 0 aliphatic heterocycles. The molecule has 3 aromatic heterocycles. The molecule has 0 radical (unpaired) electrons. The van der Waals surface area contributed by atoms with Gasteiger partial charge in [-0.05, 0) is 44.4 Å². The Morgan fingerprint density at radius 1 is 1.19 bits per heavy atom. The Bertz CT molecular complexity index is 1000. The standard InChI is InChI=1S/C20H26N4O2/c1-11(2)16-8-7-15(20(25)22-16)18-14(5)21-19-17(23-18)12(3)9-24(19)13(4)10-26-6/h7-9,11,13H,10H2,1-6H3,(H,22,25)/t13-/m0/s1. The lowest BCUT2D eigenvalue weighted by molar-refractivity contribution is 0.163. The molecular weight excluding hydrogens is 328 g/mol. The van der Waals surface area contributed by atoms with E-state index >= 15 is 0 Å². The van der Waals surface area contributed by atoms with Crippen LogP contribution in [0.4, 0.5) is 0 Å². The van der Waals surface area contributed by atoms with Crippen molar-refractivity contribution in [3.05, 3.63) is 45.6 Å². The van der Waals surface area contributed by atoms with Gasteiger partial charge in [-0.2, -0.15) is 0 Å². The van der Waals surface area contributed by atoms with Gasteiger partial charge >= 0.3 is 0 Å². The van der Waals surface area contributed by atoms with Gasteiger partial charge in [-0.25, -0.2) is 9.97 Å². The van der Waals surface area contributed by atoms with Gasteiger partial charge in [0.2, 0.25) is 0 Å². The fraction of sp³-hybridized carbons (Fsp3) is 0.450. The van der Waals surface area contributed by atoms with Crippen LogP contribution in [0.25, 0.3) is 22.4 Å². The molecule has 6 nitrogen and oxygen atoms in total. The molecule has 0 aliphatic rings. The number of methoxy groups -OCH3 is 1. The molecule has 0 aliphatic carbocycles. The average Bonchev–Trinajstić information content (AvgIpc) is 2.90. The molecule has 1 atom stereocenters. The maximum Gasteiger partial charge on any atom is 0.257 e. The minimum atomic E-state index is -0.127. The van der Waals surface area contributed by atoms with Crippen LogP contribution in [0, 0.1) is 13.8 Å². The molecular formula is C20H26N4O2. The van der Waals surface area contributed by atoms with Crippen LogP contribution in [-0.2, 0) is 4.74 Å². The highest BCUT2D eigenvalue weighted by molar-refractivity contribution is 5.79. The Morgan fingerprint density at radius 3 is 2.54 bits per heavy atom. The second-order valence-electron chi connectivity index (χ2n) is 7.16. The number of aryl methyl sites for hydroxylation is 2. The third-order valence-corrected chi connectivity index (χ3v) is 4.69. The maximum absolute atomic E-state index is 12.6. The van der Waals surface area contributed by atoms with E-state index in [1.165, 1.54) is 0 Å². The van der Waals surface area contributed by atoms with E-state index < -0.39 is 0 Å². The highest BCUT2D eigenvalue weighted by atomic mass is 16.5. The number of nitrogens with zero attached hydrogens (tertiary/aromatic N) is 3. The third kappa shape index (κ3) is 3.17. The van der Waals surface area contributed by atoms with Crippen molar-refractivity contribution in [1.29, 1.82) is 0 Å². The Balaban J connectivity index is 2.16. The number of hydrogen-bond acceptors (Lipinski definition) is 4. The predicted octanol–water partition coefficient (Wildman–Crippen LogP) is 3.73. The van der Waals surface area contributed by atoms with Crippen LogP contribution in [-0.4, -0.2) is 33.2 Å². The molecule has 1 N–H and O–H groups in total. The lowest BCUT2D eigenvalue weighted by Gasteiger charge is -2.14. The normalized spacial score (nSPS) is 12.9. The summed E-state index contributed by atoms with van der Waals surface area (Å²) in [4.78, 5) is 25.1. The molecule has 3 heterocycles. The molecule has 3 aromatic rings. The molecule has 0 saturated heterocycles. The molecule has 0 spiro atoms. The second kappa shape index (κ2) is 7.03. The van der Waals surface area contributed by atoms with Gasteiger partial charge in [0.15, 0.2) is 5.65 Å². The minimum Gasteiger partial charge on any atom is -0.383 e. The molecule has 0 aromatic carbocycles. The van der Waals surface area contributed by atoms with Crippen molar-refractivity contribution in [3.63, 3.8) is 0 Å². The van der Waals surface area contributed by atoms with Crippen LogP contribution in [0.1, 0.15) is 49.7 Å². The number of fused-ring (bicyclic) bond motifs is 1. The predicted molar refractivity (Wildman–Crippen MR) is 104 cm³/mol. The van der Waals surface area contributed by atoms with Crippen LogP contribution in [0.2, 0.25) is 0 Å². The van der Waals surface area contributed by atoms with E-state index in [1.54, 1.807) is 7.11 Å². The van der Waals surface area contributed by atoms with E-state index in [0.717, 1.165) is 28.1 Å². The Morgan fingerprint density at radius 2 is 1.92 bits per heavy atom.